The van der Waals surface area contributed by atoms with Crippen LogP contribution in [-0.2, 0) is 11.3 Å². The number of rotatable bonds is 2. The van der Waals surface area contributed by atoms with Crippen LogP contribution in [-0.4, -0.2) is 11.9 Å². The summed E-state index contributed by atoms with van der Waals surface area (Å²) in [7, 11) is 0. The molecule has 0 fully saturated rings. The van der Waals surface area contributed by atoms with Gasteiger partial charge in [-0.15, -0.1) is 0 Å². The number of carbonyl (C=O) groups is 1. The minimum atomic E-state index is 0.0846. The van der Waals surface area contributed by atoms with E-state index in [1.54, 1.807) is 0 Å². The predicted octanol–water partition coefficient (Wildman–Crippen LogP) is 3.73. The number of hydrogen-bond acceptors (Lipinski definition) is 2. The number of anilines is 2. The van der Waals surface area contributed by atoms with Crippen LogP contribution in [0.4, 0.5) is 11.4 Å². The van der Waals surface area contributed by atoms with Crippen molar-refractivity contribution in [3.8, 4) is 0 Å². The first kappa shape index (κ1) is 13.7. The fraction of sp³-hybridized carbons (Fsp3) is 0.278. The Morgan fingerprint density at radius 2 is 1.86 bits per heavy atom. The lowest BCUT2D eigenvalue weighted by atomic mass is 10.1. The average molecular weight is 280 g/mol. The van der Waals surface area contributed by atoms with E-state index >= 15 is 0 Å². The molecule has 2 aromatic carbocycles. The molecule has 0 saturated heterocycles. The molecule has 0 bridgehead atoms. The maximum atomic E-state index is 12.0. The number of nitrogens with one attached hydrogen (secondary N) is 1. The Morgan fingerprint density at radius 3 is 2.62 bits per heavy atom. The van der Waals surface area contributed by atoms with Crippen LogP contribution < -0.4 is 10.2 Å². The van der Waals surface area contributed by atoms with E-state index in [2.05, 4.69) is 54.4 Å². The second-order valence-electron chi connectivity index (χ2n) is 5.73. The molecule has 0 spiro atoms. The van der Waals surface area contributed by atoms with E-state index in [-0.39, 0.29) is 11.9 Å². The van der Waals surface area contributed by atoms with Crippen molar-refractivity contribution in [2.24, 2.45) is 0 Å². The van der Waals surface area contributed by atoms with Gasteiger partial charge in [-0.3, -0.25) is 4.79 Å². The van der Waals surface area contributed by atoms with Crippen molar-refractivity contribution in [3.05, 3.63) is 59.7 Å². The summed E-state index contributed by atoms with van der Waals surface area (Å²) in [5, 5.41) is 3.00. The summed E-state index contributed by atoms with van der Waals surface area (Å²) in [4.78, 5) is 14.3. The Labute approximate surface area is 125 Å². The minimum absolute atomic E-state index is 0.0846. The highest BCUT2D eigenvalue weighted by molar-refractivity contribution is 5.96. The van der Waals surface area contributed by atoms with Crippen LogP contribution in [0.5, 0.6) is 0 Å². The number of benzene rings is 2. The van der Waals surface area contributed by atoms with E-state index in [4.69, 9.17) is 0 Å². The Bertz CT molecular complexity index is 649. The monoisotopic (exact) mass is 280 g/mol. The first-order chi connectivity index (χ1) is 10.1. The zero-order valence-corrected chi connectivity index (χ0v) is 12.5. The molecule has 1 amide bonds. The third-order valence-electron chi connectivity index (χ3n) is 3.97. The molecule has 1 aliphatic heterocycles. The topological polar surface area (TPSA) is 32.3 Å². The van der Waals surface area contributed by atoms with Crippen molar-refractivity contribution in [2.75, 3.05) is 10.2 Å². The highest BCUT2D eigenvalue weighted by atomic mass is 16.1. The highest BCUT2D eigenvalue weighted by Gasteiger charge is 2.24. The molecule has 1 aliphatic rings. The first-order valence-electron chi connectivity index (χ1n) is 7.34. The Balaban J connectivity index is 1.95. The zero-order valence-electron chi connectivity index (χ0n) is 12.5. The van der Waals surface area contributed by atoms with Crippen LogP contribution in [0.15, 0.2) is 48.5 Å². The van der Waals surface area contributed by atoms with Gasteiger partial charge in [-0.1, -0.05) is 42.0 Å². The summed E-state index contributed by atoms with van der Waals surface area (Å²) < 4.78 is 0. The first-order valence-corrected chi connectivity index (χ1v) is 7.34. The van der Waals surface area contributed by atoms with E-state index < -0.39 is 0 Å². The normalized spacial score (nSPS) is 17.9. The van der Waals surface area contributed by atoms with Crippen LogP contribution >= 0.6 is 0 Å². The van der Waals surface area contributed by atoms with E-state index in [0.717, 1.165) is 17.9 Å². The SMILES string of the molecule is Cc1ccc(CN2c3ccccc3NC(=O)C[C@@H]2C)cc1. The summed E-state index contributed by atoms with van der Waals surface area (Å²) in [6.45, 7) is 5.01. The third-order valence-corrected chi connectivity index (χ3v) is 3.97. The number of nitrogens with zero attached hydrogens (tertiary/aromatic N) is 1. The molecule has 3 nitrogen and oxygen atoms in total. The van der Waals surface area contributed by atoms with Crippen LogP contribution in [0.1, 0.15) is 24.5 Å². The summed E-state index contributed by atoms with van der Waals surface area (Å²) in [6.07, 6.45) is 0.514. The molecular formula is C18H20N2O. The molecule has 0 aliphatic carbocycles. The van der Waals surface area contributed by atoms with Crippen molar-refractivity contribution in [2.45, 2.75) is 32.9 Å². The molecule has 0 saturated carbocycles. The zero-order chi connectivity index (χ0) is 14.8. The quantitative estimate of drug-likeness (QED) is 0.909. The molecule has 108 valence electrons. The lowest BCUT2D eigenvalue weighted by Crippen LogP contribution is -2.33. The summed E-state index contributed by atoms with van der Waals surface area (Å²) in [5.74, 6) is 0.0846. The number of fused-ring (bicyclic) bond motifs is 1. The van der Waals surface area contributed by atoms with Crippen molar-refractivity contribution in [3.63, 3.8) is 0 Å². The van der Waals surface area contributed by atoms with Crippen LogP contribution in [0.2, 0.25) is 0 Å². The van der Waals surface area contributed by atoms with Gasteiger partial charge in [0, 0.05) is 19.0 Å². The molecule has 2 aromatic rings. The van der Waals surface area contributed by atoms with Gasteiger partial charge in [0.05, 0.1) is 11.4 Å². The number of carbonyl (C=O) groups excluding carboxylic acids is 1. The molecule has 21 heavy (non-hydrogen) atoms. The number of amides is 1. The van der Waals surface area contributed by atoms with Gasteiger partial charge < -0.3 is 10.2 Å². The highest BCUT2D eigenvalue weighted by Crippen LogP contribution is 2.32. The van der Waals surface area contributed by atoms with Crippen molar-refractivity contribution >= 4 is 17.3 Å². The molecule has 3 rings (SSSR count). The van der Waals surface area contributed by atoms with Crippen molar-refractivity contribution in [1.82, 2.24) is 0 Å². The van der Waals surface area contributed by atoms with Gasteiger partial charge in [-0.05, 0) is 31.5 Å². The fourth-order valence-electron chi connectivity index (χ4n) is 2.78. The molecule has 3 heteroatoms. The predicted molar refractivity (Wildman–Crippen MR) is 86.5 cm³/mol. The second-order valence-corrected chi connectivity index (χ2v) is 5.73. The third kappa shape index (κ3) is 2.92. The van der Waals surface area contributed by atoms with Crippen LogP contribution in [0, 0.1) is 6.92 Å². The Hall–Kier alpha value is -2.29. The number of para-hydroxylation sites is 2. The van der Waals surface area contributed by atoms with Gasteiger partial charge in [-0.25, -0.2) is 0 Å². The second kappa shape index (κ2) is 5.60. The molecule has 0 unspecified atom stereocenters. The van der Waals surface area contributed by atoms with Gasteiger partial charge in [0.2, 0.25) is 5.91 Å². The molecule has 1 atom stereocenters. The molecular weight excluding hydrogens is 260 g/mol. The smallest absolute Gasteiger partial charge is 0.226 e. The van der Waals surface area contributed by atoms with Gasteiger partial charge in [0.15, 0.2) is 0 Å². The summed E-state index contributed by atoms with van der Waals surface area (Å²) in [5.41, 5.74) is 4.52. The van der Waals surface area contributed by atoms with Crippen LogP contribution in [0.25, 0.3) is 0 Å². The largest absolute Gasteiger partial charge is 0.362 e. The van der Waals surface area contributed by atoms with Crippen molar-refractivity contribution in [1.29, 1.82) is 0 Å². The average Bonchev–Trinajstić information content (AvgIpc) is 2.58. The molecule has 1 heterocycles. The Kier molecular flexibility index (Phi) is 3.65. The Morgan fingerprint density at radius 1 is 1.14 bits per heavy atom. The van der Waals surface area contributed by atoms with E-state index in [9.17, 15) is 4.79 Å². The number of hydrogen-bond donors (Lipinski definition) is 1. The lowest BCUT2D eigenvalue weighted by Gasteiger charge is -2.30. The van der Waals surface area contributed by atoms with Gasteiger partial charge >= 0.3 is 0 Å². The van der Waals surface area contributed by atoms with Gasteiger partial charge in [-0.2, -0.15) is 0 Å². The van der Waals surface area contributed by atoms with Gasteiger partial charge in [0.25, 0.3) is 0 Å². The fourth-order valence-corrected chi connectivity index (χ4v) is 2.78. The maximum Gasteiger partial charge on any atom is 0.226 e. The molecule has 0 radical (unpaired) electrons. The summed E-state index contributed by atoms with van der Waals surface area (Å²) in [6, 6.07) is 16.8. The summed E-state index contributed by atoms with van der Waals surface area (Å²) >= 11 is 0. The molecule has 1 N–H and O–H groups in total. The van der Waals surface area contributed by atoms with E-state index in [0.29, 0.717) is 6.42 Å². The molecule has 0 aromatic heterocycles. The van der Waals surface area contributed by atoms with Crippen LogP contribution in [0.3, 0.4) is 0 Å². The van der Waals surface area contributed by atoms with E-state index in [1.165, 1.54) is 11.1 Å². The minimum Gasteiger partial charge on any atom is -0.362 e. The van der Waals surface area contributed by atoms with Crippen molar-refractivity contribution < 1.29 is 4.79 Å². The maximum absolute atomic E-state index is 12.0. The lowest BCUT2D eigenvalue weighted by molar-refractivity contribution is -0.116. The standard InChI is InChI=1S/C18H20N2O/c1-13-7-9-15(10-8-13)12-20-14(2)11-18(21)19-16-5-3-4-6-17(16)20/h3-10,14H,11-12H2,1-2H3,(H,19,21)/t14-/m0/s1. The van der Waals surface area contributed by atoms with Gasteiger partial charge in [0.1, 0.15) is 0 Å². The number of aryl methyl sites for hydroxylation is 1. The van der Waals surface area contributed by atoms with E-state index in [1.807, 2.05) is 18.2 Å².